The average molecular weight is 421 g/mol. The van der Waals surface area contributed by atoms with Gasteiger partial charge in [0.15, 0.2) is 0 Å². The highest BCUT2D eigenvalue weighted by molar-refractivity contribution is 9.10. The summed E-state index contributed by atoms with van der Waals surface area (Å²) in [6.07, 6.45) is 8.58. The molecular weight excluding hydrogens is 392 g/mol. The molecule has 0 saturated heterocycles. The van der Waals surface area contributed by atoms with Gasteiger partial charge in [-0.1, -0.05) is 39.0 Å². The lowest BCUT2D eigenvalue weighted by Gasteiger charge is -2.07. The third-order valence-corrected chi connectivity index (χ3v) is 5.43. The van der Waals surface area contributed by atoms with Crippen LogP contribution in [0.25, 0.3) is 0 Å². The molecule has 0 bridgehead atoms. The summed E-state index contributed by atoms with van der Waals surface area (Å²) in [5.41, 5.74) is 3.71. The largest absolute Gasteiger partial charge is 0.496 e. The van der Waals surface area contributed by atoms with Gasteiger partial charge in [0.2, 0.25) is 0 Å². The molecule has 0 unspecified atom stereocenters. The minimum Gasteiger partial charge on any atom is -0.496 e. The molecule has 0 aliphatic rings. The number of rotatable bonds is 9. The molecule has 5 heteroatoms. The Hall–Kier alpha value is -1.62. The SMILES string of the molecule is CCCCCCCCc1c(C)nn(C(=O)c2ccc(OC)c(Br)c2)c1C. The van der Waals surface area contributed by atoms with Crippen LogP contribution in [-0.4, -0.2) is 22.8 Å². The number of methoxy groups -OCH3 is 1. The lowest BCUT2D eigenvalue weighted by atomic mass is 10.0. The minimum atomic E-state index is -0.108. The number of nitrogens with zero attached hydrogens (tertiary/aromatic N) is 2. The van der Waals surface area contributed by atoms with E-state index in [1.165, 1.54) is 42.3 Å². The van der Waals surface area contributed by atoms with Crippen molar-refractivity contribution in [3.8, 4) is 5.75 Å². The molecule has 0 aliphatic carbocycles. The summed E-state index contributed by atoms with van der Waals surface area (Å²) in [5.74, 6) is 0.599. The number of hydrogen-bond donors (Lipinski definition) is 0. The van der Waals surface area contributed by atoms with Gasteiger partial charge in [-0.05, 0) is 66.4 Å². The zero-order chi connectivity index (χ0) is 19.1. The molecule has 0 radical (unpaired) electrons. The van der Waals surface area contributed by atoms with Crippen LogP contribution in [0.5, 0.6) is 5.75 Å². The Morgan fingerprint density at radius 1 is 1.15 bits per heavy atom. The zero-order valence-electron chi connectivity index (χ0n) is 16.3. The first-order chi connectivity index (χ1) is 12.5. The topological polar surface area (TPSA) is 44.1 Å². The predicted molar refractivity (Wildman–Crippen MR) is 109 cm³/mol. The molecule has 0 saturated carbocycles. The summed E-state index contributed by atoms with van der Waals surface area (Å²) < 4.78 is 7.53. The molecule has 142 valence electrons. The molecule has 1 aromatic heterocycles. The number of aryl methyl sites for hydroxylation is 1. The molecule has 0 atom stereocenters. The molecule has 0 amide bonds. The number of carbonyl (C=O) groups excluding carboxylic acids is 1. The third-order valence-electron chi connectivity index (χ3n) is 4.81. The quantitative estimate of drug-likeness (QED) is 0.476. The predicted octanol–water partition coefficient (Wildman–Crippen LogP) is 5.86. The van der Waals surface area contributed by atoms with Crippen molar-refractivity contribution in [2.75, 3.05) is 7.11 Å². The number of ether oxygens (including phenoxy) is 1. The van der Waals surface area contributed by atoms with Crippen molar-refractivity contribution < 1.29 is 9.53 Å². The highest BCUT2D eigenvalue weighted by Gasteiger charge is 2.18. The highest BCUT2D eigenvalue weighted by Crippen LogP contribution is 2.26. The Morgan fingerprint density at radius 3 is 2.50 bits per heavy atom. The third kappa shape index (κ3) is 4.97. The van der Waals surface area contributed by atoms with Gasteiger partial charge in [0.25, 0.3) is 5.91 Å². The Balaban J connectivity index is 2.08. The Kier molecular flexibility index (Phi) is 7.88. The minimum absolute atomic E-state index is 0.108. The second-order valence-corrected chi connectivity index (χ2v) is 7.59. The van der Waals surface area contributed by atoms with Gasteiger partial charge in [-0.2, -0.15) is 5.10 Å². The molecule has 2 aromatic rings. The van der Waals surface area contributed by atoms with Gasteiger partial charge in [0, 0.05) is 11.3 Å². The van der Waals surface area contributed by atoms with Crippen LogP contribution >= 0.6 is 15.9 Å². The van der Waals surface area contributed by atoms with E-state index in [-0.39, 0.29) is 5.91 Å². The summed E-state index contributed by atoms with van der Waals surface area (Å²) in [5, 5.41) is 4.51. The Labute approximate surface area is 165 Å². The maximum absolute atomic E-state index is 12.9. The number of unbranched alkanes of at least 4 members (excludes halogenated alkanes) is 5. The van der Waals surface area contributed by atoms with Gasteiger partial charge in [-0.3, -0.25) is 4.79 Å². The molecule has 0 spiro atoms. The second kappa shape index (κ2) is 9.91. The van der Waals surface area contributed by atoms with Crippen LogP contribution in [0.3, 0.4) is 0 Å². The molecule has 0 N–H and O–H groups in total. The number of aromatic nitrogens is 2. The summed E-state index contributed by atoms with van der Waals surface area (Å²) in [7, 11) is 1.61. The van der Waals surface area contributed by atoms with E-state index in [1.807, 2.05) is 13.8 Å². The van der Waals surface area contributed by atoms with Crippen molar-refractivity contribution in [3.63, 3.8) is 0 Å². The van der Waals surface area contributed by atoms with Crippen molar-refractivity contribution in [2.24, 2.45) is 0 Å². The van der Waals surface area contributed by atoms with E-state index in [4.69, 9.17) is 4.74 Å². The maximum atomic E-state index is 12.9. The first kappa shape index (κ1) is 20.7. The number of hydrogen-bond acceptors (Lipinski definition) is 3. The number of benzene rings is 1. The van der Waals surface area contributed by atoms with Gasteiger partial charge < -0.3 is 4.74 Å². The number of halogens is 1. The molecule has 26 heavy (non-hydrogen) atoms. The normalized spacial score (nSPS) is 11.0. The molecule has 0 fully saturated rings. The van der Waals surface area contributed by atoms with E-state index in [1.54, 1.807) is 25.3 Å². The van der Waals surface area contributed by atoms with Crippen LogP contribution in [0.2, 0.25) is 0 Å². The fourth-order valence-corrected chi connectivity index (χ4v) is 3.78. The molecule has 0 aliphatic heterocycles. The van der Waals surface area contributed by atoms with Gasteiger partial charge >= 0.3 is 0 Å². The maximum Gasteiger partial charge on any atom is 0.278 e. The Morgan fingerprint density at radius 2 is 1.85 bits per heavy atom. The van der Waals surface area contributed by atoms with E-state index in [0.29, 0.717) is 11.3 Å². The van der Waals surface area contributed by atoms with Crippen LogP contribution in [0.1, 0.15) is 72.8 Å². The number of carbonyl (C=O) groups is 1. The summed E-state index contributed by atoms with van der Waals surface area (Å²) in [6.45, 7) is 6.22. The van der Waals surface area contributed by atoms with Gasteiger partial charge in [-0.25, -0.2) is 4.68 Å². The van der Waals surface area contributed by atoms with Crippen molar-refractivity contribution >= 4 is 21.8 Å². The van der Waals surface area contributed by atoms with Gasteiger partial charge in [0.1, 0.15) is 5.75 Å². The summed E-state index contributed by atoms with van der Waals surface area (Å²) >= 11 is 3.44. The van der Waals surface area contributed by atoms with Crippen molar-refractivity contribution in [2.45, 2.75) is 65.7 Å². The molecular formula is C21H29BrN2O2. The van der Waals surface area contributed by atoms with Crippen molar-refractivity contribution in [1.82, 2.24) is 9.78 Å². The van der Waals surface area contributed by atoms with Crippen LogP contribution in [0, 0.1) is 13.8 Å². The van der Waals surface area contributed by atoms with Crippen molar-refractivity contribution in [1.29, 1.82) is 0 Å². The lowest BCUT2D eigenvalue weighted by Crippen LogP contribution is -2.15. The monoisotopic (exact) mass is 420 g/mol. The fourth-order valence-electron chi connectivity index (χ4n) is 3.24. The second-order valence-electron chi connectivity index (χ2n) is 6.73. The smallest absolute Gasteiger partial charge is 0.278 e. The first-order valence-electron chi connectivity index (χ1n) is 9.42. The Bertz CT molecular complexity index is 753. The van der Waals surface area contributed by atoms with E-state index in [0.717, 1.165) is 28.7 Å². The molecule has 4 nitrogen and oxygen atoms in total. The highest BCUT2D eigenvalue weighted by atomic mass is 79.9. The van der Waals surface area contributed by atoms with E-state index in [2.05, 4.69) is 28.0 Å². The zero-order valence-corrected chi connectivity index (χ0v) is 17.9. The van der Waals surface area contributed by atoms with Crippen LogP contribution in [-0.2, 0) is 6.42 Å². The molecule has 1 aromatic carbocycles. The standard InChI is InChI=1S/C21H29BrN2O2/c1-5-6-7-8-9-10-11-18-15(2)23-24(16(18)3)21(25)17-12-13-20(26-4)19(22)14-17/h12-14H,5-11H2,1-4H3. The molecule has 2 rings (SSSR count). The van der Waals surface area contributed by atoms with E-state index >= 15 is 0 Å². The van der Waals surface area contributed by atoms with E-state index in [9.17, 15) is 4.79 Å². The van der Waals surface area contributed by atoms with Gasteiger partial charge in [-0.15, -0.1) is 0 Å². The summed E-state index contributed by atoms with van der Waals surface area (Å²) in [6, 6.07) is 5.35. The molecule has 1 heterocycles. The lowest BCUT2D eigenvalue weighted by molar-refractivity contribution is 0.0942. The van der Waals surface area contributed by atoms with Gasteiger partial charge in [0.05, 0.1) is 17.3 Å². The fraction of sp³-hybridized carbons (Fsp3) is 0.524. The van der Waals surface area contributed by atoms with E-state index < -0.39 is 0 Å². The van der Waals surface area contributed by atoms with Crippen LogP contribution in [0.15, 0.2) is 22.7 Å². The summed E-state index contributed by atoms with van der Waals surface area (Å²) in [4.78, 5) is 12.9. The van der Waals surface area contributed by atoms with Crippen molar-refractivity contribution in [3.05, 3.63) is 45.2 Å². The first-order valence-corrected chi connectivity index (χ1v) is 10.2. The van der Waals surface area contributed by atoms with Crippen LogP contribution in [0.4, 0.5) is 0 Å². The van der Waals surface area contributed by atoms with Crippen LogP contribution < -0.4 is 4.74 Å². The average Bonchev–Trinajstić information content (AvgIpc) is 2.91.